The molecule has 150 valence electrons. The predicted octanol–water partition coefficient (Wildman–Crippen LogP) is 4.40. The van der Waals surface area contributed by atoms with Crippen molar-refractivity contribution in [1.29, 1.82) is 0 Å². The number of alkyl halides is 3. The van der Waals surface area contributed by atoms with Crippen LogP contribution in [0, 0.1) is 0 Å². The number of halogens is 4. The molecule has 0 aliphatic rings. The van der Waals surface area contributed by atoms with Gasteiger partial charge in [-0.25, -0.2) is 14.6 Å². The highest BCUT2D eigenvalue weighted by Crippen LogP contribution is 2.33. The molecule has 0 aliphatic carbocycles. The number of hydrogen-bond acceptors (Lipinski definition) is 6. The maximum atomic E-state index is 13.0. The molecule has 4 aromatic rings. The summed E-state index contributed by atoms with van der Waals surface area (Å²) in [5, 5.41) is 11.6. The Morgan fingerprint density at radius 1 is 1.17 bits per heavy atom. The minimum Gasteiger partial charge on any atom is -0.309 e. The zero-order valence-corrected chi connectivity index (χ0v) is 16.7. The lowest BCUT2D eigenvalue weighted by atomic mass is 10.3. The van der Waals surface area contributed by atoms with Gasteiger partial charge in [-0.2, -0.15) is 18.3 Å². The Balaban J connectivity index is 1.90. The van der Waals surface area contributed by atoms with Crippen LogP contribution < -0.4 is 0 Å². The molecular weight excluding hydrogens is 427 g/mol. The number of hydrogen-bond donors (Lipinski definition) is 0. The highest BCUT2D eigenvalue weighted by atomic mass is 35.5. The number of fused-ring (bicyclic) bond motifs is 1. The van der Waals surface area contributed by atoms with Gasteiger partial charge in [0.05, 0.1) is 17.4 Å². The fourth-order valence-electron chi connectivity index (χ4n) is 2.76. The van der Waals surface area contributed by atoms with Gasteiger partial charge in [-0.15, -0.1) is 22.0 Å². The van der Waals surface area contributed by atoms with Crippen LogP contribution in [0.5, 0.6) is 0 Å². The number of rotatable bonds is 4. The van der Waals surface area contributed by atoms with Crippen molar-refractivity contribution < 1.29 is 13.2 Å². The van der Waals surface area contributed by atoms with E-state index in [2.05, 4.69) is 25.3 Å². The zero-order valence-electron chi connectivity index (χ0n) is 15.1. The first-order chi connectivity index (χ1) is 13.8. The molecule has 0 amide bonds. The van der Waals surface area contributed by atoms with E-state index in [1.54, 1.807) is 35.6 Å². The SMILES string of the molecule is CCSc1ccc(-n2cc(Cl)cn2)nc1-c1nc2cc(C(F)(F)F)nnc2n1C. The van der Waals surface area contributed by atoms with Crippen molar-refractivity contribution in [1.82, 2.24) is 34.5 Å². The molecule has 7 nitrogen and oxygen atoms in total. The fraction of sp³-hybridized carbons (Fsp3) is 0.235. The standard InChI is InChI=1S/C17H13ClF3N7S/c1-3-29-11-4-5-13(28-8-9(18)7-22-28)24-14(11)16-23-10-6-12(17(19,20)21)25-26-15(10)27(16)2/h4-8H,3H2,1-2H3. The molecule has 0 aromatic carbocycles. The highest BCUT2D eigenvalue weighted by Gasteiger charge is 2.34. The van der Waals surface area contributed by atoms with Gasteiger partial charge in [-0.1, -0.05) is 18.5 Å². The van der Waals surface area contributed by atoms with Crippen LogP contribution in [0.3, 0.4) is 0 Å². The Morgan fingerprint density at radius 3 is 2.62 bits per heavy atom. The molecular formula is C17H13ClF3N7S. The first kappa shape index (κ1) is 19.6. The van der Waals surface area contributed by atoms with Crippen LogP contribution in [0.2, 0.25) is 5.02 Å². The maximum Gasteiger partial charge on any atom is 0.435 e. The number of nitrogens with zero attached hydrogens (tertiary/aromatic N) is 7. The van der Waals surface area contributed by atoms with Gasteiger partial charge < -0.3 is 4.57 Å². The Labute approximate surface area is 171 Å². The highest BCUT2D eigenvalue weighted by molar-refractivity contribution is 7.99. The third-order valence-corrected chi connectivity index (χ3v) is 5.17. The Kier molecular flexibility index (Phi) is 4.95. The molecule has 0 radical (unpaired) electrons. The van der Waals surface area contributed by atoms with Crippen LogP contribution in [-0.4, -0.2) is 40.3 Å². The van der Waals surface area contributed by atoms with E-state index in [-0.39, 0.29) is 11.2 Å². The minimum atomic E-state index is -4.60. The van der Waals surface area contributed by atoms with Crippen molar-refractivity contribution in [2.45, 2.75) is 18.0 Å². The van der Waals surface area contributed by atoms with Crippen LogP contribution in [0.25, 0.3) is 28.5 Å². The average Bonchev–Trinajstić information content (AvgIpc) is 3.25. The fourth-order valence-corrected chi connectivity index (χ4v) is 3.64. The largest absolute Gasteiger partial charge is 0.435 e. The van der Waals surface area contributed by atoms with E-state index in [4.69, 9.17) is 11.6 Å². The van der Waals surface area contributed by atoms with Crippen LogP contribution in [-0.2, 0) is 13.2 Å². The third kappa shape index (κ3) is 3.67. The van der Waals surface area contributed by atoms with Gasteiger partial charge in [-0.3, -0.25) is 0 Å². The normalized spacial score (nSPS) is 12.1. The monoisotopic (exact) mass is 439 g/mol. The Morgan fingerprint density at radius 2 is 1.97 bits per heavy atom. The van der Waals surface area contributed by atoms with Crippen LogP contribution in [0.1, 0.15) is 12.6 Å². The predicted molar refractivity (Wildman–Crippen MR) is 103 cm³/mol. The quantitative estimate of drug-likeness (QED) is 0.439. The smallest absolute Gasteiger partial charge is 0.309 e. The minimum absolute atomic E-state index is 0.0895. The molecule has 12 heteroatoms. The summed E-state index contributed by atoms with van der Waals surface area (Å²) < 4.78 is 42.0. The van der Waals surface area contributed by atoms with E-state index in [0.717, 1.165) is 16.7 Å². The molecule has 0 aliphatic heterocycles. The molecule has 0 saturated heterocycles. The van der Waals surface area contributed by atoms with Gasteiger partial charge in [0.15, 0.2) is 23.0 Å². The lowest BCUT2D eigenvalue weighted by molar-refractivity contribution is -0.141. The molecule has 0 bridgehead atoms. The van der Waals surface area contributed by atoms with E-state index < -0.39 is 11.9 Å². The summed E-state index contributed by atoms with van der Waals surface area (Å²) in [5.74, 6) is 1.66. The van der Waals surface area contributed by atoms with E-state index in [1.807, 2.05) is 13.0 Å². The van der Waals surface area contributed by atoms with Crippen molar-refractivity contribution in [3.05, 3.63) is 41.3 Å². The van der Waals surface area contributed by atoms with E-state index in [0.29, 0.717) is 22.4 Å². The summed E-state index contributed by atoms with van der Waals surface area (Å²) in [4.78, 5) is 9.84. The lowest BCUT2D eigenvalue weighted by Gasteiger charge is -2.10. The van der Waals surface area contributed by atoms with E-state index in [9.17, 15) is 13.2 Å². The molecule has 0 unspecified atom stereocenters. The Bertz CT molecular complexity index is 1200. The summed E-state index contributed by atoms with van der Waals surface area (Å²) in [6.45, 7) is 1.99. The molecule has 29 heavy (non-hydrogen) atoms. The zero-order chi connectivity index (χ0) is 20.8. The van der Waals surface area contributed by atoms with Gasteiger partial charge in [0.1, 0.15) is 11.2 Å². The molecule has 0 atom stereocenters. The van der Waals surface area contributed by atoms with Gasteiger partial charge in [0.2, 0.25) is 0 Å². The van der Waals surface area contributed by atoms with Crippen molar-refractivity contribution >= 4 is 34.5 Å². The molecule has 0 fully saturated rings. The summed E-state index contributed by atoms with van der Waals surface area (Å²) in [5.41, 5.74) is -0.262. The Hall–Kier alpha value is -2.66. The van der Waals surface area contributed by atoms with Gasteiger partial charge in [-0.05, 0) is 17.9 Å². The molecule has 0 N–H and O–H groups in total. The van der Waals surface area contributed by atoms with Crippen molar-refractivity contribution in [2.75, 3.05) is 5.75 Å². The number of imidazole rings is 1. The number of thioether (sulfide) groups is 1. The molecule has 0 saturated carbocycles. The average molecular weight is 440 g/mol. The second kappa shape index (κ2) is 7.30. The van der Waals surface area contributed by atoms with Gasteiger partial charge in [0.25, 0.3) is 0 Å². The topological polar surface area (TPSA) is 74.3 Å². The second-order valence-corrected chi connectivity index (χ2v) is 7.73. The number of aromatic nitrogens is 7. The van der Waals surface area contributed by atoms with Crippen molar-refractivity contribution in [2.24, 2.45) is 7.05 Å². The van der Waals surface area contributed by atoms with E-state index in [1.165, 1.54) is 10.9 Å². The van der Waals surface area contributed by atoms with Crippen molar-refractivity contribution in [3.8, 4) is 17.3 Å². The number of pyridine rings is 1. The summed E-state index contributed by atoms with van der Waals surface area (Å²) >= 11 is 7.48. The van der Waals surface area contributed by atoms with Gasteiger partial charge in [0, 0.05) is 18.0 Å². The van der Waals surface area contributed by atoms with Crippen molar-refractivity contribution in [3.63, 3.8) is 0 Å². The summed E-state index contributed by atoms with van der Waals surface area (Å²) in [7, 11) is 1.66. The first-order valence-electron chi connectivity index (χ1n) is 8.40. The molecule has 4 rings (SSSR count). The van der Waals surface area contributed by atoms with Crippen LogP contribution in [0.15, 0.2) is 35.5 Å². The lowest BCUT2D eigenvalue weighted by Crippen LogP contribution is -2.09. The van der Waals surface area contributed by atoms with Gasteiger partial charge >= 0.3 is 6.18 Å². The molecule has 0 spiro atoms. The van der Waals surface area contributed by atoms with Crippen LogP contribution >= 0.6 is 23.4 Å². The molecule has 4 aromatic heterocycles. The second-order valence-electron chi connectivity index (χ2n) is 5.98. The molecule has 4 heterocycles. The number of aryl methyl sites for hydroxylation is 1. The van der Waals surface area contributed by atoms with Crippen LogP contribution in [0.4, 0.5) is 13.2 Å². The first-order valence-corrected chi connectivity index (χ1v) is 9.76. The summed E-state index contributed by atoms with van der Waals surface area (Å²) in [6, 6.07) is 4.54. The maximum absolute atomic E-state index is 13.0. The summed E-state index contributed by atoms with van der Waals surface area (Å²) in [6.07, 6.45) is -1.50. The van der Waals surface area contributed by atoms with E-state index >= 15 is 0 Å². The third-order valence-electron chi connectivity index (χ3n) is 4.05.